The second-order valence-corrected chi connectivity index (χ2v) is 5.36. The van der Waals surface area contributed by atoms with E-state index in [9.17, 15) is 0 Å². The van der Waals surface area contributed by atoms with E-state index in [1.165, 1.54) is 6.42 Å². The number of likely N-dealkylation sites (tertiary alicyclic amines) is 1. The summed E-state index contributed by atoms with van der Waals surface area (Å²) in [6.45, 7) is 11.6. The van der Waals surface area contributed by atoms with Crippen molar-refractivity contribution in [3.05, 3.63) is 23.7 Å². The summed E-state index contributed by atoms with van der Waals surface area (Å²) < 4.78 is 5.76. The molecule has 1 aliphatic heterocycles. The van der Waals surface area contributed by atoms with Crippen molar-refractivity contribution in [1.29, 1.82) is 0 Å². The SMILES string of the molecule is CCN(CC)C1CCN(C(CN)c2ccc(C)o2)C1. The van der Waals surface area contributed by atoms with Crippen LogP contribution in [-0.4, -0.2) is 48.6 Å². The number of rotatable bonds is 6. The molecule has 0 aliphatic carbocycles. The van der Waals surface area contributed by atoms with Gasteiger partial charge in [-0.3, -0.25) is 9.80 Å². The van der Waals surface area contributed by atoms with Gasteiger partial charge in [-0.1, -0.05) is 13.8 Å². The molecule has 1 aromatic rings. The van der Waals surface area contributed by atoms with Crippen LogP contribution in [0.1, 0.15) is 37.8 Å². The molecule has 4 heteroatoms. The number of nitrogens with two attached hydrogens (primary N) is 1. The van der Waals surface area contributed by atoms with Gasteiger partial charge in [-0.05, 0) is 38.6 Å². The van der Waals surface area contributed by atoms with E-state index >= 15 is 0 Å². The highest BCUT2D eigenvalue weighted by molar-refractivity contribution is 5.11. The average Bonchev–Trinajstić information content (AvgIpc) is 3.03. The molecule has 1 saturated heterocycles. The zero-order chi connectivity index (χ0) is 13.8. The van der Waals surface area contributed by atoms with E-state index < -0.39 is 0 Å². The molecule has 0 saturated carbocycles. The van der Waals surface area contributed by atoms with E-state index in [1.807, 2.05) is 13.0 Å². The summed E-state index contributed by atoms with van der Waals surface area (Å²) in [5, 5.41) is 0. The molecule has 4 nitrogen and oxygen atoms in total. The van der Waals surface area contributed by atoms with Crippen LogP contribution in [-0.2, 0) is 0 Å². The second kappa shape index (κ2) is 6.55. The van der Waals surface area contributed by atoms with Gasteiger partial charge in [0.2, 0.25) is 0 Å². The van der Waals surface area contributed by atoms with Crippen LogP contribution in [0.5, 0.6) is 0 Å². The predicted octanol–water partition coefficient (Wildman–Crippen LogP) is 2.00. The number of likely N-dealkylation sites (N-methyl/N-ethyl adjacent to an activating group) is 1. The van der Waals surface area contributed by atoms with Crippen LogP contribution in [0, 0.1) is 6.92 Å². The summed E-state index contributed by atoms with van der Waals surface area (Å²) in [5.74, 6) is 1.98. The first-order chi connectivity index (χ1) is 9.19. The molecule has 2 heterocycles. The number of hydrogen-bond donors (Lipinski definition) is 1. The molecule has 0 bridgehead atoms. The second-order valence-electron chi connectivity index (χ2n) is 5.36. The third-order valence-corrected chi connectivity index (χ3v) is 4.28. The molecular formula is C15H27N3O. The maximum absolute atomic E-state index is 5.97. The van der Waals surface area contributed by atoms with E-state index in [-0.39, 0.29) is 6.04 Å². The maximum Gasteiger partial charge on any atom is 0.122 e. The smallest absolute Gasteiger partial charge is 0.122 e. The molecular weight excluding hydrogens is 238 g/mol. The Morgan fingerprint density at radius 1 is 1.42 bits per heavy atom. The van der Waals surface area contributed by atoms with Gasteiger partial charge in [0.1, 0.15) is 11.5 Å². The Morgan fingerprint density at radius 2 is 2.16 bits per heavy atom. The average molecular weight is 265 g/mol. The lowest BCUT2D eigenvalue weighted by Gasteiger charge is -2.28. The standard InChI is InChI=1S/C15H27N3O/c1-4-17(5-2)13-8-9-18(11-13)14(10-16)15-7-6-12(3)19-15/h6-7,13-14H,4-5,8-11,16H2,1-3H3. The highest BCUT2D eigenvalue weighted by Crippen LogP contribution is 2.27. The molecule has 0 aromatic carbocycles. The lowest BCUT2D eigenvalue weighted by atomic mass is 10.2. The number of furan rings is 1. The molecule has 0 amide bonds. The van der Waals surface area contributed by atoms with Gasteiger partial charge < -0.3 is 10.2 Å². The normalized spacial score (nSPS) is 22.3. The Labute approximate surface area is 116 Å². The minimum atomic E-state index is 0.231. The molecule has 0 spiro atoms. The van der Waals surface area contributed by atoms with E-state index in [4.69, 9.17) is 10.2 Å². The number of hydrogen-bond acceptors (Lipinski definition) is 4. The Balaban J connectivity index is 2.02. The first-order valence-corrected chi connectivity index (χ1v) is 7.44. The van der Waals surface area contributed by atoms with E-state index in [0.29, 0.717) is 12.6 Å². The molecule has 1 aliphatic rings. The van der Waals surface area contributed by atoms with Crippen LogP contribution in [0.2, 0.25) is 0 Å². The zero-order valence-corrected chi connectivity index (χ0v) is 12.4. The van der Waals surface area contributed by atoms with Crippen molar-refractivity contribution < 1.29 is 4.42 Å². The third-order valence-electron chi connectivity index (χ3n) is 4.28. The zero-order valence-electron chi connectivity index (χ0n) is 12.4. The molecule has 2 unspecified atom stereocenters. The van der Waals surface area contributed by atoms with Gasteiger partial charge >= 0.3 is 0 Å². The fourth-order valence-electron chi connectivity index (χ4n) is 3.17. The molecule has 19 heavy (non-hydrogen) atoms. The minimum absolute atomic E-state index is 0.231. The lowest BCUT2D eigenvalue weighted by molar-refractivity contribution is 0.177. The minimum Gasteiger partial charge on any atom is -0.465 e. The Kier molecular flexibility index (Phi) is 5.02. The van der Waals surface area contributed by atoms with Gasteiger partial charge in [0, 0.05) is 25.7 Å². The van der Waals surface area contributed by atoms with Crippen molar-refractivity contribution in [2.45, 2.75) is 39.3 Å². The third kappa shape index (κ3) is 3.19. The summed E-state index contributed by atoms with van der Waals surface area (Å²) in [7, 11) is 0. The van der Waals surface area contributed by atoms with Crippen molar-refractivity contribution in [2.75, 3.05) is 32.7 Å². The summed E-state index contributed by atoms with van der Waals surface area (Å²) in [6.07, 6.45) is 1.23. The highest BCUT2D eigenvalue weighted by Gasteiger charge is 2.31. The fraction of sp³-hybridized carbons (Fsp3) is 0.733. The summed E-state index contributed by atoms with van der Waals surface area (Å²) >= 11 is 0. The van der Waals surface area contributed by atoms with Crippen LogP contribution >= 0.6 is 0 Å². The van der Waals surface area contributed by atoms with Crippen LogP contribution in [0.15, 0.2) is 16.5 Å². The van der Waals surface area contributed by atoms with Gasteiger partial charge in [-0.25, -0.2) is 0 Å². The number of nitrogens with zero attached hydrogens (tertiary/aromatic N) is 2. The molecule has 1 aromatic heterocycles. The Bertz CT molecular complexity index is 386. The van der Waals surface area contributed by atoms with E-state index in [2.05, 4.69) is 29.7 Å². The highest BCUT2D eigenvalue weighted by atomic mass is 16.3. The maximum atomic E-state index is 5.97. The van der Waals surface area contributed by atoms with Crippen LogP contribution in [0.3, 0.4) is 0 Å². The Hall–Kier alpha value is -0.840. The van der Waals surface area contributed by atoms with Crippen LogP contribution in [0.25, 0.3) is 0 Å². The van der Waals surface area contributed by atoms with Gasteiger partial charge in [-0.2, -0.15) is 0 Å². The summed E-state index contributed by atoms with van der Waals surface area (Å²) in [4.78, 5) is 5.02. The molecule has 2 atom stereocenters. The molecule has 2 N–H and O–H groups in total. The van der Waals surface area contributed by atoms with E-state index in [1.54, 1.807) is 0 Å². The van der Waals surface area contributed by atoms with E-state index in [0.717, 1.165) is 37.7 Å². The molecule has 0 radical (unpaired) electrons. The fourth-order valence-corrected chi connectivity index (χ4v) is 3.17. The summed E-state index contributed by atoms with van der Waals surface area (Å²) in [6, 6.07) is 4.99. The van der Waals surface area contributed by atoms with Gasteiger partial charge in [-0.15, -0.1) is 0 Å². The first-order valence-electron chi connectivity index (χ1n) is 7.44. The van der Waals surface area contributed by atoms with Gasteiger partial charge in [0.25, 0.3) is 0 Å². The van der Waals surface area contributed by atoms with Crippen molar-refractivity contribution >= 4 is 0 Å². The van der Waals surface area contributed by atoms with Gasteiger partial charge in [0.15, 0.2) is 0 Å². The van der Waals surface area contributed by atoms with Crippen molar-refractivity contribution in [2.24, 2.45) is 5.73 Å². The lowest BCUT2D eigenvalue weighted by Crippen LogP contribution is -2.39. The number of aryl methyl sites for hydroxylation is 1. The summed E-state index contributed by atoms with van der Waals surface area (Å²) in [5.41, 5.74) is 5.97. The quantitative estimate of drug-likeness (QED) is 0.854. The van der Waals surface area contributed by atoms with Crippen LogP contribution in [0.4, 0.5) is 0 Å². The topological polar surface area (TPSA) is 45.6 Å². The van der Waals surface area contributed by atoms with Gasteiger partial charge in [0.05, 0.1) is 6.04 Å². The monoisotopic (exact) mass is 265 g/mol. The molecule has 1 fully saturated rings. The van der Waals surface area contributed by atoms with Crippen molar-refractivity contribution in [3.8, 4) is 0 Å². The van der Waals surface area contributed by atoms with Crippen molar-refractivity contribution in [1.82, 2.24) is 9.80 Å². The largest absolute Gasteiger partial charge is 0.465 e. The van der Waals surface area contributed by atoms with Crippen LogP contribution < -0.4 is 5.73 Å². The predicted molar refractivity (Wildman–Crippen MR) is 78.1 cm³/mol. The Morgan fingerprint density at radius 3 is 2.68 bits per heavy atom. The van der Waals surface area contributed by atoms with Crippen molar-refractivity contribution in [3.63, 3.8) is 0 Å². The molecule has 108 valence electrons. The first kappa shape index (κ1) is 14.6. The molecule has 2 rings (SSSR count).